The number of aromatic nitrogens is 2. The van der Waals surface area contributed by atoms with Crippen LogP contribution in [0.3, 0.4) is 0 Å². The van der Waals surface area contributed by atoms with Gasteiger partial charge in [0, 0.05) is 0 Å². The lowest BCUT2D eigenvalue weighted by molar-refractivity contribution is 1.07. The Hall–Kier alpha value is -0.870. The molecular formula is C7H7ClN2OS. The molecule has 0 aliphatic carbocycles. The zero-order valence-corrected chi connectivity index (χ0v) is 7.96. The Labute approximate surface area is 78.9 Å². The smallest absolute Gasteiger partial charge is 0.259 e. The van der Waals surface area contributed by atoms with E-state index in [4.69, 9.17) is 0 Å². The second-order valence-electron chi connectivity index (χ2n) is 2.29. The van der Waals surface area contributed by atoms with Crippen LogP contribution < -0.4 is 5.56 Å². The first-order valence-corrected chi connectivity index (χ1v) is 4.09. The molecule has 0 radical (unpaired) electrons. The minimum Gasteiger partial charge on any atom is -0.310 e. The van der Waals surface area contributed by atoms with Crippen LogP contribution in [0.2, 0.25) is 0 Å². The highest BCUT2D eigenvalue weighted by molar-refractivity contribution is 7.16. The highest BCUT2D eigenvalue weighted by Crippen LogP contribution is 2.13. The number of rotatable bonds is 0. The minimum atomic E-state index is -0.0475. The van der Waals surface area contributed by atoms with Crippen LogP contribution in [0.4, 0.5) is 0 Å². The topological polar surface area (TPSA) is 45.8 Å². The summed E-state index contributed by atoms with van der Waals surface area (Å²) in [6.45, 7) is 1.78. The summed E-state index contributed by atoms with van der Waals surface area (Å²) in [5.74, 6) is 0.671. The maximum absolute atomic E-state index is 11.2. The zero-order valence-electron chi connectivity index (χ0n) is 6.33. The summed E-state index contributed by atoms with van der Waals surface area (Å²) < 4.78 is 0. The summed E-state index contributed by atoms with van der Waals surface area (Å²) in [4.78, 5) is 18.8. The van der Waals surface area contributed by atoms with Crippen LogP contribution in [0.1, 0.15) is 5.82 Å². The predicted molar refractivity (Wildman–Crippen MR) is 52.2 cm³/mol. The molecule has 2 heterocycles. The quantitative estimate of drug-likeness (QED) is 0.707. The van der Waals surface area contributed by atoms with Crippen LogP contribution in [0.5, 0.6) is 0 Å². The summed E-state index contributed by atoms with van der Waals surface area (Å²) in [5, 5.41) is 2.55. The first-order valence-electron chi connectivity index (χ1n) is 3.21. The van der Waals surface area contributed by atoms with Gasteiger partial charge in [0.2, 0.25) is 0 Å². The molecule has 0 saturated carbocycles. The lowest BCUT2D eigenvalue weighted by atomic mass is 10.4. The van der Waals surface area contributed by atoms with Gasteiger partial charge in [0.1, 0.15) is 10.7 Å². The number of hydrogen-bond acceptors (Lipinski definition) is 3. The molecular weight excluding hydrogens is 196 g/mol. The van der Waals surface area contributed by atoms with Crippen molar-refractivity contribution in [3.63, 3.8) is 0 Å². The van der Waals surface area contributed by atoms with E-state index in [-0.39, 0.29) is 18.0 Å². The standard InChI is InChI=1S/C7H6N2OS.ClH/c1-4-8-6(10)5-2-3-11-7(5)9-4;/h2-3H,1H3,(H,8,9,10);1H. The van der Waals surface area contributed by atoms with Crippen molar-refractivity contribution in [2.75, 3.05) is 0 Å². The number of hydrogen-bond donors (Lipinski definition) is 1. The summed E-state index contributed by atoms with van der Waals surface area (Å²) in [6.07, 6.45) is 0. The van der Waals surface area contributed by atoms with Gasteiger partial charge in [0.05, 0.1) is 5.39 Å². The fourth-order valence-corrected chi connectivity index (χ4v) is 1.78. The van der Waals surface area contributed by atoms with Crippen LogP contribution in [0.15, 0.2) is 16.2 Å². The molecule has 0 unspecified atom stereocenters. The SMILES string of the molecule is Cc1nc2sccc2c(=O)[nH]1.Cl. The molecule has 12 heavy (non-hydrogen) atoms. The van der Waals surface area contributed by atoms with Crippen molar-refractivity contribution in [2.45, 2.75) is 6.92 Å². The van der Waals surface area contributed by atoms with Crippen molar-refractivity contribution < 1.29 is 0 Å². The Bertz CT molecular complexity index is 448. The van der Waals surface area contributed by atoms with E-state index < -0.39 is 0 Å². The van der Waals surface area contributed by atoms with Gasteiger partial charge < -0.3 is 4.98 Å². The number of nitrogens with one attached hydrogen (secondary N) is 1. The Morgan fingerprint density at radius 3 is 3.08 bits per heavy atom. The Morgan fingerprint density at radius 2 is 2.33 bits per heavy atom. The van der Waals surface area contributed by atoms with Gasteiger partial charge in [-0.2, -0.15) is 0 Å². The Kier molecular flexibility index (Phi) is 2.49. The van der Waals surface area contributed by atoms with E-state index in [9.17, 15) is 4.79 Å². The van der Waals surface area contributed by atoms with Gasteiger partial charge in [-0.15, -0.1) is 23.7 Å². The van der Waals surface area contributed by atoms with E-state index in [1.807, 2.05) is 5.38 Å². The molecule has 0 aromatic carbocycles. The molecule has 2 aromatic rings. The van der Waals surface area contributed by atoms with Crippen molar-refractivity contribution >= 4 is 34.0 Å². The van der Waals surface area contributed by atoms with E-state index in [1.165, 1.54) is 11.3 Å². The van der Waals surface area contributed by atoms with Gasteiger partial charge in [0.25, 0.3) is 5.56 Å². The largest absolute Gasteiger partial charge is 0.310 e. The first kappa shape index (κ1) is 9.22. The third-order valence-electron chi connectivity index (χ3n) is 1.45. The van der Waals surface area contributed by atoms with Gasteiger partial charge >= 0.3 is 0 Å². The molecule has 3 nitrogen and oxygen atoms in total. The molecule has 2 rings (SSSR count). The van der Waals surface area contributed by atoms with E-state index in [0.717, 1.165) is 4.83 Å². The molecule has 2 aromatic heterocycles. The maximum Gasteiger partial charge on any atom is 0.259 e. The van der Waals surface area contributed by atoms with Crippen LogP contribution >= 0.6 is 23.7 Å². The van der Waals surface area contributed by atoms with Gasteiger partial charge in [0.15, 0.2) is 0 Å². The predicted octanol–water partition coefficient (Wildman–Crippen LogP) is 1.71. The van der Waals surface area contributed by atoms with Crippen molar-refractivity contribution in [3.8, 4) is 0 Å². The average molecular weight is 203 g/mol. The zero-order chi connectivity index (χ0) is 7.84. The Morgan fingerprint density at radius 1 is 1.58 bits per heavy atom. The molecule has 0 amide bonds. The fourth-order valence-electron chi connectivity index (χ4n) is 0.973. The molecule has 0 aliphatic heterocycles. The molecule has 5 heteroatoms. The first-order chi connectivity index (χ1) is 5.27. The molecule has 0 fully saturated rings. The van der Waals surface area contributed by atoms with Crippen molar-refractivity contribution in [3.05, 3.63) is 27.6 Å². The number of aromatic amines is 1. The average Bonchev–Trinajstić information content (AvgIpc) is 2.34. The number of thiophene rings is 1. The molecule has 0 atom stereocenters. The summed E-state index contributed by atoms with van der Waals surface area (Å²) in [7, 11) is 0. The molecule has 1 N–H and O–H groups in total. The minimum absolute atomic E-state index is 0. The number of H-pyrrole nitrogens is 1. The van der Waals surface area contributed by atoms with Gasteiger partial charge in [-0.05, 0) is 18.4 Å². The second kappa shape index (κ2) is 3.25. The van der Waals surface area contributed by atoms with Gasteiger partial charge in [-0.25, -0.2) is 4.98 Å². The molecule has 0 aliphatic rings. The number of aryl methyl sites for hydroxylation is 1. The third-order valence-corrected chi connectivity index (χ3v) is 2.26. The monoisotopic (exact) mass is 202 g/mol. The molecule has 0 bridgehead atoms. The summed E-state index contributed by atoms with van der Waals surface area (Å²) in [6, 6.07) is 1.78. The summed E-state index contributed by atoms with van der Waals surface area (Å²) >= 11 is 1.48. The van der Waals surface area contributed by atoms with Gasteiger partial charge in [-0.1, -0.05) is 0 Å². The normalized spacial score (nSPS) is 9.75. The van der Waals surface area contributed by atoms with Crippen molar-refractivity contribution in [2.24, 2.45) is 0 Å². The number of halogens is 1. The van der Waals surface area contributed by atoms with Crippen LogP contribution in [0, 0.1) is 6.92 Å². The highest BCUT2D eigenvalue weighted by atomic mass is 35.5. The molecule has 0 spiro atoms. The van der Waals surface area contributed by atoms with Gasteiger partial charge in [-0.3, -0.25) is 4.79 Å². The number of nitrogens with zero attached hydrogens (tertiary/aromatic N) is 1. The van der Waals surface area contributed by atoms with E-state index in [1.54, 1.807) is 13.0 Å². The molecule has 0 saturated heterocycles. The third kappa shape index (κ3) is 1.35. The molecule has 64 valence electrons. The maximum atomic E-state index is 11.2. The van der Waals surface area contributed by atoms with E-state index in [0.29, 0.717) is 11.2 Å². The van der Waals surface area contributed by atoms with E-state index in [2.05, 4.69) is 9.97 Å². The van der Waals surface area contributed by atoms with Crippen molar-refractivity contribution in [1.82, 2.24) is 9.97 Å². The Balaban J connectivity index is 0.000000720. The van der Waals surface area contributed by atoms with Crippen LogP contribution in [0.25, 0.3) is 10.2 Å². The van der Waals surface area contributed by atoms with Crippen molar-refractivity contribution in [1.29, 1.82) is 0 Å². The highest BCUT2D eigenvalue weighted by Gasteiger charge is 2.00. The second-order valence-corrected chi connectivity index (χ2v) is 3.19. The van der Waals surface area contributed by atoms with E-state index >= 15 is 0 Å². The lowest BCUT2D eigenvalue weighted by Gasteiger charge is -1.90. The fraction of sp³-hybridized carbons (Fsp3) is 0.143. The summed E-state index contributed by atoms with van der Waals surface area (Å²) in [5.41, 5.74) is -0.0475. The number of fused-ring (bicyclic) bond motifs is 1. The van der Waals surface area contributed by atoms with Crippen LogP contribution in [-0.2, 0) is 0 Å². The lowest BCUT2D eigenvalue weighted by Crippen LogP contribution is -2.07. The van der Waals surface area contributed by atoms with Crippen LogP contribution in [-0.4, -0.2) is 9.97 Å².